The van der Waals surface area contributed by atoms with Crippen LogP contribution in [-0.2, 0) is 36.9 Å². The highest BCUT2D eigenvalue weighted by Crippen LogP contribution is 2.15. The van der Waals surface area contributed by atoms with Crippen molar-refractivity contribution in [2.45, 2.75) is 26.9 Å². The summed E-state index contributed by atoms with van der Waals surface area (Å²) in [6, 6.07) is 0. The molecule has 17 heavy (non-hydrogen) atoms. The zero-order valence-corrected chi connectivity index (χ0v) is 12.6. The highest BCUT2D eigenvalue weighted by Gasteiger charge is 2.38. The summed E-state index contributed by atoms with van der Waals surface area (Å²) in [5.41, 5.74) is 0. The largest absolute Gasteiger partial charge is 0.392 e. The molecular weight excluding hydrogens is 292 g/mol. The van der Waals surface area contributed by atoms with Crippen molar-refractivity contribution in [3.05, 3.63) is 0 Å². The lowest BCUT2D eigenvalue weighted by molar-refractivity contribution is 0.250. The van der Waals surface area contributed by atoms with Gasteiger partial charge in [0, 0.05) is 0 Å². The lowest BCUT2D eigenvalue weighted by Gasteiger charge is -2.20. The Kier molecular flexibility index (Phi) is 6.20. The zero-order valence-electron chi connectivity index (χ0n) is 10.00. The van der Waals surface area contributed by atoms with Crippen LogP contribution in [0.25, 0.3) is 0 Å². The van der Waals surface area contributed by atoms with Crippen LogP contribution >= 0.6 is 0 Å². The minimum absolute atomic E-state index is 0.120. The molecule has 0 radical (unpaired) electrons. The Hall–Kier alpha value is -0.0431. The van der Waals surface area contributed by atoms with E-state index in [-0.39, 0.29) is 13.2 Å². The second-order valence-electron chi connectivity index (χ2n) is 3.20. The molecule has 0 bridgehead atoms. The van der Waals surface area contributed by atoms with E-state index in [9.17, 15) is 16.8 Å². The van der Waals surface area contributed by atoms with Crippen molar-refractivity contribution in [1.29, 1.82) is 0 Å². The van der Waals surface area contributed by atoms with E-state index >= 15 is 0 Å². The average Bonchev–Trinajstić information content (AvgIpc) is 1.96. The molecule has 0 saturated carbocycles. The van der Waals surface area contributed by atoms with Gasteiger partial charge in [-0.3, -0.25) is 7.74 Å². The summed E-state index contributed by atoms with van der Waals surface area (Å²) in [6.45, 7) is 5.14. The maximum absolute atomic E-state index is 11.2. The molecule has 0 saturated heterocycles. The molecule has 0 heterocycles. The van der Waals surface area contributed by atoms with Crippen LogP contribution in [0.1, 0.15) is 13.8 Å². The van der Waals surface area contributed by atoms with Gasteiger partial charge in [-0.1, -0.05) is 0 Å². The summed E-state index contributed by atoms with van der Waals surface area (Å²) in [5.74, 6) is 0. The first-order valence-electron chi connectivity index (χ1n) is 4.73. The molecule has 0 aliphatic carbocycles. The van der Waals surface area contributed by atoms with E-state index < -0.39 is 29.4 Å². The van der Waals surface area contributed by atoms with Gasteiger partial charge in [0.15, 0.2) is 0 Å². The van der Waals surface area contributed by atoms with Gasteiger partial charge >= 0.3 is 29.4 Å². The SMILES string of the molecule is CCOS(=O)(=O)O[Si](C)(C)OS(=O)(=O)OCC. The molecule has 0 spiro atoms. The van der Waals surface area contributed by atoms with Crippen LogP contribution < -0.4 is 0 Å². The van der Waals surface area contributed by atoms with E-state index in [1.165, 1.54) is 26.9 Å². The molecule has 104 valence electrons. The molecule has 0 aromatic carbocycles. The molecule has 0 rings (SSSR count). The zero-order chi connectivity index (χ0) is 13.7. The molecule has 0 amide bonds. The highest BCUT2D eigenvalue weighted by molar-refractivity contribution is 7.84. The Morgan fingerprint density at radius 3 is 1.35 bits per heavy atom. The van der Waals surface area contributed by atoms with Gasteiger partial charge in [0.05, 0.1) is 13.2 Å². The summed E-state index contributed by atoms with van der Waals surface area (Å²) < 4.78 is 62.4. The minimum atomic E-state index is -4.26. The van der Waals surface area contributed by atoms with Crippen LogP contribution in [0.15, 0.2) is 0 Å². The molecule has 0 fully saturated rings. The normalized spacial score (nSPS) is 13.9. The van der Waals surface area contributed by atoms with Crippen molar-refractivity contribution in [1.82, 2.24) is 0 Å². The van der Waals surface area contributed by atoms with Crippen LogP contribution in [0.4, 0.5) is 0 Å². The summed E-state index contributed by atoms with van der Waals surface area (Å²) in [5, 5.41) is 0. The molecule has 0 unspecified atom stereocenters. The Bertz CT molecular complexity index is 385. The summed E-state index contributed by atoms with van der Waals surface area (Å²) in [7, 11) is -12.0. The third kappa shape index (κ3) is 7.80. The van der Waals surface area contributed by atoms with Crippen LogP contribution in [0.5, 0.6) is 0 Å². The molecule has 0 aromatic heterocycles. The Balaban J connectivity index is 4.71. The van der Waals surface area contributed by atoms with Crippen LogP contribution in [0.3, 0.4) is 0 Å². The molecule has 0 N–H and O–H groups in total. The summed E-state index contributed by atoms with van der Waals surface area (Å²) >= 11 is 0. The van der Waals surface area contributed by atoms with E-state index in [0.717, 1.165) is 0 Å². The Morgan fingerprint density at radius 1 is 0.824 bits per heavy atom. The van der Waals surface area contributed by atoms with E-state index in [1.807, 2.05) is 0 Å². The maximum atomic E-state index is 11.2. The molecule has 0 aromatic rings. The van der Waals surface area contributed by atoms with E-state index in [0.29, 0.717) is 0 Å². The fraction of sp³-hybridized carbons (Fsp3) is 1.00. The van der Waals surface area contributed by atoms with Crippen LogP contribution in [0.2, 0.25) is 13.1 Å². The van der Waals surface area contributed by atoms with Gasteiger partial charge in [-0.2, -0.15) is 16.8 Å². The fourth-order valence-electron chi connectivity index (χ4n) is 0.842. The molecule has 8 nitrogen and oxygen atoms in total. The summed E-state index contributed by atoms with van der Waals surface area (Å²) in [4.78, 5) is 0. The second kappa shape index (κ2) is 6.22. The van der Waals surface area contributed by atoms with Gasteiger partial charge in [0.1, 0.15) is 0 Å². The molecule has 11 heteroatoms. The lowest BCUT2D eigenvalue weighted by Crippen LogP contribution is -2.40. The van der Waals surface area contributed by atoms with Gasteiger partial charge < -0.3 is 0 Å². The average molecular weight is 308 g/mol. The van der Waals surface area contributed by atoms with E-state index in [2.05, 4.69) is 16.1 Å². The summed E-state index contributed by atoms with van der Waals surface area (Å²) in [6.07, 6.45) is 0. The molecule has 0 aliphatic heterocycles. The van der Waals surface area contributed by atoms with Crippen molar-refractivity contribution in [2.75, 3.05) is 13.2 Å². The lowest BCUT2D eigenvalue weighted by atomic mass is 10.9. The predicted octanol–water partition coefficient (Wildman–Crippen LogP) is 0.284. The van der Waals surface area contributed by atoms with Gasteiger partial charge in [-0.05, 0) is 26.9 Å². The van der Waals surface area contributed by atoms with Crippen molar-refractivity contribution >= 4 is 29.4 Å². The number of rotatable bonds is 8. The van der Waals surface area contributed by atoms with Gasteiger partial charge in [-0.25, -0.2) is 8.37 Å². The highest BCUT2D eigenvalue weighted by atomic mass is 32.3. The quantitative estimate of drug-likeness (QED) is 0.589. The first kappa shape index (κ1) is 17.0. The van der Waals surface area contributed by atoms with Crippen LogP contribution in [0, 0.1) is 0 Å². The first-order valence-corrected chi connectivity index (χ1v) is 10.2. The predicted molar refractivity (Wildman–Crippen MR) is 60.7 cm³/mol. The Labute approximate surface area is 103 Å². The van der Waals surface area contributed by atoms with E-state index in [4.69, 9.17) is 0 Å². The van der Waals surface area contributed by atoms with E-state index in [1.54, 1.807) is 0 Å². The Morgan fingerprint density at radius 2 is 1.12 bits per heavy atom. The van der Waals surface area contributed by atoms with Gasteiger partial charge in [0.25, 0.3) is 0 Å². The minimum Gasteiger partial charge on any atom is -0.262 e. The third-order valence-corrected chi connectivity index (χ3v) is 7.02. The third-order valence-electron chi connectivity index (χ3n) is 1.13. The van der Waals surface area contributed by atoms with Gasteiger partial charge in [0.2, 0.25) is 0 Å². The maximum Gasteiger partial charge on any atom is 0.392 e. The second-order valence-corrected chi connectivity index (χ2v) is 9.43. The standard InChI is InChI=1S/C6H16O8S2Si/c1-5-11-15(7,8)13-17(3,4)14-16(9,10)12-6-2/h5-6H2,1-4H3. The first-order chi connectivity index (χ1) is 7.54. The number of hydrogen-bond acceptors (Lipinski definition) is 8. The van der Waals surface area contributed by atoms with Crippen molar-refractivity contribution in [2.24, 2.45) is 0 Å². The molecule has 0 aliphatic rings. The fourth-order valence-corrected chi connectivity index (χ4v) is 6.10. The van der Waals surface area contributed by atoms with Crippen molar-refractivity contribution in [3.8, 4) is 0 Å². The molecular formula is C6H16O8S2Si. The smallest absolute Gasteiger partial charge is 0.262 e. The number of hydrogen-bond donors (Lipinski definition) is 0. The van der Waals surface area contributed by atoms with Crippen molar-refractivity contribution < 1.29 is 32.9 Å². The monoisotopic (exact) mass is 308 g/mol. The van der Waals surface area contributed by atoms with Gasteiger partial charge in [-0.15, -0.1) is 0 Å². The van der Waals surface area contributed by atoms with Crippen LogP contribution in [-0.4, -0.2) is 38.6 Å². The topological polar surface area (TPSA) is 105 Å². The van der Waals surface area contributed by atoms with Crippen molar-refractivity contribution in [3.63, 3.8) is 0 Å². The molecule has 0 atom stereocenters.